The van der Waals surface area contributed by atoms with Gasteiger partial charge in [0.15, 0.2) is 0 Å². The summed E-state index contributed by atoms with van der Waals surface area (Å²) in [4.78, 5) is 2.58. The van der Waals surface area contributed by atoms with Crippen LogP contribution in [0.2, 0.25) is 0 Å². The summed E-state index contributed by atoms with van der Waals surface area (Å²) in [6.07, 6.45) is 7.05. The van der Waals surface area contributed by atoms with Crippen LogP contribution >= 0.6 is 0 Å². The van der Waals surface area contributed by atoms with Crippen LogP contribution in [0.15, 0.2) is 152 Å². The van der Waals surface area contributed by atoms with E-state index in [1.807, 2.05) is 0 Å². The number of anilines is 3. The molecule has 12 rings (SSSR count). The summed E-state index contributed by atoms with van der Waals surface area (Å²) >= 11 is 0. The lowest BCUT2D eigenvalue weighted by molar-refractivity contribution is -0.0399. The smallest absolute Gasteiger partial charge is 0.0543 e. The second-order valence-corrected chi connectivity index (χ2v) is 15.4. The van der Waals surface area contributed by atoms with Gasteiger partial charge in [-0.05, 0) is 130 Å². The quantitative estimate of drug-likeness (QED) is 0.187. The lowest BCUT2D eigenvalue weighted by atomic mass is 9.43. The van der Waals surface area contributed by atoms with Crippen molar-refractivity contribution in [3.63, 3.8) is 0 Å². The van der Waals surface area contributed by atoms with Gasteiger partial charge in [-0.25, -0.2) is 0 Å². The Hall–Kier alpha value is -5.14. The minimum atomic E-state index is 0.132. The topological polar surface area (TPSA) is 3.24 Å². The highest BCUT2D eigenvalue weighted by molar-refractivity contribution is 6.03. The molecular weight excluding hydrogens is 591 g/mol. The number of fused-ring (bicyclic) bond motifs is 5. The van der Waals surface area contributed by atoms with Crippen molar-refractivity contribution in [2.24, 2.45) is 23.7 Å². The van der Waals surface area contributed by atoms with Crippen molar-refractivity contribution in [2.45, 2.75) is 37.5 Å². The predicted molar refractivity (Wildman–Crippen MR) is 205 cm³/mol. The van der Waals surface area contributed by atoms with Gasteiger partial charge in [0.05, 0.1) is 11.4 Å². The lowest BCUT2D eigenvalue weighted by Crippen LogP contribution is -2.55. The van der Waals surface area contributed by atoms with E-state index in [1.54, 1.807) is 11.1 Å². The highest BCUT2D eigenvalue weighted by Gasteiger charge is 2.61. The van der Waals surface area contributed by atoms with E-state index in [0.29, 0.717) is 0 Å². The van der Waals surface area contributed by atoms with Gasteiger partial charge in [0.25, 0.3) is 0 Å². The van der Waals surface area contributed by atoms with Crippen LogP contribution in [0.3, 0.4) is 0 Å². The molecule has 0 atom stereocenters. The molecule has 4 bridgehead atoms. The Morgan fingerprint density at radius 2 is 1.08 bits per heavy atom. The third kappa shape index (κ3) is 3.93. The maximum Gasteiger partial charge on any atom is 0.0543 e. The molecule has 4 fully saturated rings. The summed E-state index contributed by atoms with van der Waals surface area (Å²) in [6, 6.07) is 57.3. The molecule has 4 saturated carbocycles. The van der Waals surface area contributed by atoms with E-state index in [4.69, 9.17) is 0 Å². The van der Waals surface area contributed by atoms with Crippen LogP contribution in [-0.2, 0) is 5.41 Å². The third-order valence-electron chi connectivity index (χ3n) is 13.0. The number of hydrogen-bond donors (Lipinski definition) is 0. The fourth-order valence-corrected chi connectivity index (χ4v) is 11.4. The van der Waals surface area contributed by atoms with Crippen molar-refractivity contribution in [3.8, 4) is 22.3 Å². The van der Waals surface area contributed by atoms with Crippen LogP contribution in [0, 0.1) is 23.7 Å². The zero-order valence-corrected chi connectivity index (χ0v) is 27.7. The summed E-state index contributed by atoms with van der Waals surface area (Å²) in [6.45, 7) is 0. The maximum atomic E-state index is 2.58. The zero-order valence-electron chi connectivity index (χ0n) is 27.7. The molecule has 0 amide bonds. The monoisotopic (exact) mass is 629 g/mol. The first-order chi connectivity index (χ1) is 24.3. The Balaban J connectivity index is 1.16. The Labute approximate surface area is 288 Å². The van der Waals surface area contributed by atoms with Gasteiger partial charge in [-0.2, -0.15) is 0 Å². The molecule has 5 aliphatic carbocycles. The van der Waals surface area contributed by atoms with Gasteiger partial charge in [-0.15, -0.1) is 0 Å². The van der Waals surface area contributed by atoms with Gasteiger partial charge in [0.1, 0.15) is 0 Å². The highest BCUT2D eigenvalue weighted by Crippen LogP contribution is 2.70. The van der Waals surface area contributed by atoms with E-state index in [9.17, 15) is 0 Å². The van der Waals surface area contributed by atoms with Gasteiger partial charge in [-0.3, -0.25) is 0 Å². The minimum Gasteiger partial charge on any atom is -0.309 e. The van der Waals surface area contributed by atoms with Gasteiger partial charge in [0.2, 0.25) is 0 Å². The van der Waals surface area contributed by atoms with Gasteiger partial charge in [0, 0.05) is 22.1 Å². The Morgan fingerprint density at radius 1 is 0.449 bits per heavy atom. The molecule has 0 unspecified atom stereocenters. The van der Waals surface area contributed by atoms with Crippen molar-refractivity contribution in [1.82, 2.24) is 0 Å². The minimum absolute atomic E-state index is 0.132. The van der Waals surface area contributed by atoms with Crippen LogP contribution in [0.1, 0.15) is 43.2 Å². The van der Waals surface area contributed by atoms with Crippen molar-refractivity contribution in [3.05, 3.63) is 163 Å². The molecule has 5 aliphatic rings. The lowest BCUT2D eigenvalue weighted by Gasteiger charge is -2.61. The second-order valence-electron chi connectivity index (χ2n) is 15.4. The summed E-state index contributed by atoms with van der Waals surface area (Å²) < 4.78 is 0. The fraction of sp³-hybridized carbons (Fsp3) is 0.208. The van der Waals surface area contributed by atoms with E-state index in [-0.39, 0.29) is 5.41 Å². The Bertz CT molecular complexity index is 2400. The van der Waals surface area contributed by atoms with Crippen LogP contribution in [0.25, 0.3) is 43.8 Å². The summed E-state index contributed by atoms with van der Waals surface area (Å²) in [7, 11) is 0. The summed E-state index contributed by atoms with van der Waals surface area (Å²) in [5.74, 6) is 3.34. The molecule has 0 aliphatic heterocycles. The first-order valence-corrected chi connectivity index (χ1v) is 18.4. The maximum absolute atomic E-state index is 2.58. The predicted octanol–water partition coefficient (Wildman–Crippen LogP) is 12.9. The Kier molecular flexibility index (Phi) is 5.91. The van der Waals surface area contributed by atoms with Crippen molar-refractivity contribution in [2.75, 3.05) is 4.90 Å². The molecule has 7 aromatic rings. The molecule has 0 aromatic heterocycles. The molecule has 0 N–H and O–H groups in total. The van der Waals surface area contributed by atoms with Crippen LogP contribution < -0.4 is 4.90 Å². The van der Waals surface area contributed by atoms with Crippen molar-refractivity contribution < 1.29 is 0 Å². The van der Waals surface area contributed by atoms with Gasteiger partial charge < -0.3 is 4.90 Å². The first kappa shape index (κ1) is 27.8. The molecular formula is C48H39N. The van der Waals surface area contributed by atoms with E-state index in [2.05, 4.69) is 157 Å². The van der Waals surface area contributed by atoms with E-state index < -0.39 is 0 Å². The zero-order chi connectivity index (χ0) is 32.1. The van der Waals surface area contributed by atoms with Crippen molar-refractivity contribution >= 4 is 38.6 Å². The van der Waals surface area contributed by atoms with Gasteiger partial charge >= 0.3 is 0 Å². The van der Waals surface area contributed by atoms with Crippen LogP contribution in [0.5, 0.6) is 0 Å². The molecule has 0 saturated heterocycles. The molecule has 0 radical (unpaired) electrons. The number of rotatable bonds is 4. The number of benzene rings is 7. The summed E-state index contributed by atoms with van der Waals surface area (Å²) in [5, 5.41) is 5.09. The number of hydrogen-bond acceptors (Lipinski definition) is 1. The SMILES string of the molecule is c1cc(-c2ccc3ccccc3c2)cc(N(c2cccc3c2-c2ccccc2C32C3CC4CC(C3)CC2C4)c2cccc3ccccc23)c1. The Morgan fingerprint density at radius 3 is 1.94 bits per heavy atom. The van der Waals surface area contributed by atoms with Crippen molar-refractivity contribution in [1.29, 1.82) is 0 Å². The highest BCUT2D eigenvalue weighted by atomic mass is 15.1. The van der Waals surface area contributed by atoms with Crippen LogP contribution in [-0.4, -0.2) is 0 Å². The molecule has 1 nitrogen and oxygen atoms in total. The average Bonchev–Trinajstić information content (AvgIpc) is 3.45. The standard InChI is InChI=1S/C48H39N/c1-2-12-35-29-37(23-22-33(35)10-1)36-14-7-15-40(30-36)49(45-20-8-13-34-11-3-4-16-41(34)45)46-21-9-19-44-47(46)42-17-5-6-18-43(42)48(44)38-25-31-24-32(27-38)28-39(48)26-31/h1-23,29-32,38-39H,24-28H2. The normalized spacial score (nSPS) is 24.4. The fourth-order valence-electron chi connectivity index (χ4n) is 11.4. The molecule has 1 heteroatoms. The second kappa shape index (κ2) is 10.4. The van der Waals surface area contributed by atoms with Gasteiger partial charge in [-0.1, -0.05) is 121 Å². The molecule has 7 aromatic carbocycles. The van der Waals surface area contributed by atoms with Crippen LogP contribution in [0.4, 0.5) is 17.1 Å². The average molecular weight is 630 g/mol. The van der Waals surface area contributed by atoms with E-state index >= 15 is 0 Å². The number of nitrogens with zero attached hydrogens (tertiary/aromatic N) is 1. The molecule has 236 valence electrons. The molecule has 49 heavy (non-hydrogen) atoms. The third-order valence-corrected chi connectivity index (χ3v) is 13.0. The largest absolute Gasteiger partial charge is 0.309 e. The first-order valence-electron chi connectivity index (χ1n) is 18.4. The van der Waals surface area contributed by atoms with E-state index in [1.165, 1.54) is 93.0 Å². The molecule has 0 heterocycles. The van der Waals surface area contributed by atoms with E-state index in [0.717, 1.165) is 23.7 Å². The molecule has 1 spiro atoms. The summed E-state index contributed by atoms with van der Waals surface area (Å²) in [5.41, 5.74) is 12.4.